The lowest BCUT2D eigenvalue weighted by Crippen LogP contribution is -2.51. The van der Waals surface area contributed by atoms with Gasteiger partial charge >= 0.3 is 0 Å². The lowest BCUT2D eigenvalue weighted by atomic mass is 9.78. The van der Waals surface area contributed by atoms with Gasteiger partial charge in [-0.2, -0.15) is 0 Å². The van der Waals surface area contributed by atoms with Crippen molar-refractivity contribution in [2.45, 2.75) is 25.0 Å². The number of likely N-dealkylation sites (tertiary alicyclic amines) is 1. The van der Waals surface area contributed by atoms with Crippen LogP contribution in [0.25, 0.3) is 0 Å². The summed E-state index contributed by atoms with van der Waals surface area (Å²) in [5.74, 6) is 0.00134. The number of hydrogen-bond acceptors (Lipinski definition) is 5. The van der Waals surface area contributed by atoms with Crippen LogP contribution in [-0.4, -0.2) is 73.1 Å². The van der Waals surface area contributed by atoms with Crippen LogP contribution in [0, 0.1) is 5.41 Å². The lowest BCUT2D eigenvalue weighted by molar-refractivity contribution is -0.147. The first-order chi connectivity index (χ1) is 8.59. The van der Waals surface area contributed by atoms with Gasteiger partial charge in [0.2, 0.25) is 5.91 Å². The summed E-state index contributed by atoms with van der Waals surface area (Å²) in [5.41, 5.74) is -0.496. The average Bonchev–Trinajstić information content (AvgIpc) is 2.70. The highest BCUT2D eigenvalue weighted by molar-refractivity contribution is 5.83. The van der Waals surface area contributed by atoms with E-state index in [2.05, 4.69) is 5.32 Å². The van der Waals surface area contributed by atoms with Crippen LogP contribution in [0.4, 0.5) is 0 Å². The van der Waals surface area contributed by atoms with Gasteiger partial charge in [0.25, 0.3) is 0 Å². The number of aliphatic hydroxyl groups is 2. The minimum atomic E-state index is -0.824. The first-order valence-electron chi connectivity index (χ1n) is 6.44. The van der Waals surface area contributed by atoms with Crippen molar-refractivity contribution in [3.63, 3.8) is 0 Å². The standard InChI is InChI=1S/C12H22N2O4/c1-18-8-12(2-4-13-5-3-12)11(17)14-6-9(15)10(16)7-14/h9-10,13,15-16H,2-8H2,1H3. The third kappa shape index (κ3) is 2.51. The highest BCUT2D eigenvalue weighted by Crippen LogP contribution is 2.32. The molecule has 6 heteroatoms. The van der Waals surface area contributed by atoms with Crippen LogP contribution >= 0.6 is 0 Å². The number of piperidine rings is 1. The Morgan fingerprint density at radius 3 is 2.39 bits per heavy atom. The minimum absolute atomic E-state index is 0.00134. The van der Waals surface area contributed by atoms with E-state index in [9.17, 15) is 15.0 Å². The predicted octanol–water partition coefficient (Wildman–Crippen LogP) is -1.43. The number of amides is 1. The SMILES string of the molecule is COCC1(C(=O)N2CC(O)C(O)C2)CCNCC1. The maximum atomic E-state index is 12.6. The van der Waals surface area contributed by atoms with E-state index < -0.39 is 17.6 Å². The smallest absolute Gasteiger partial charge is 0.231 e. The van der Waals surface area contributed by atoms with Crippen LogP contribution in [-0.2, 0) is 9.53 Å². The number of hydrogen-bond donors (Lipinski definition) is 3. The van der Waals surface area contributed by atoms with Crippen LogP contribution in [0.15, 0.2) is 0 Å². The average molecular weight is 258 g/mol. The Balaban J connectivity index is 2.08. The Labute approximate surface area is 107 Å². The fourth-order valence-corrected chi connectivity index (χ4v) is 2.87. The van der Waals surface area contributed by atoms with E-state index in [1.807, 2.05) is 0 Å². The molecule has 2 aliphatic heterocycles. The van der Waals surface area contributed by atoms with Gasteiger partial charge in [-0.15, -0.1) is 0 Å². The zero-order chi connectivity index (χ0) is 13.2. The molecule has 2 atom stereocenters. The molecule has 104 valence electrons. The van der Waals surface area contributed by atoms with Gasteiger partial charge in [0.15, 0.2) is 0 Å². The number of nitrogens with one attached hydrogen (secondary N) is 1. The molecule has 1 amide bonds. The molecule has 0 aliphatic carbocycles. The van der Waals surface area contributed by atoms with Crippen LogP contribution < -0.4 is 5.32 Å². The van der Waals surface area contributed by atoms with E-state index in [1.54, 1.807) is 12.0 Å². The van der Waals surface area contributed by atoms with Gasteiger partial charge in [0.05, 0.1) is 24.2 Å². The normalized spacial score (nSPS) is 31.6. The Bertz CT molecular complexity index is 289. The Morgan fingerprint density at radius 1 is 1.33 bits per heavy atom. The van der Waals surface area contributed by atoms with Gasteiger partial charge in [0.1, 0.15) is 0 Å². The topological polar surface area (TPSA) is 82.0 Å². The molecule has 2 aliphatic rings. The van der Waals surface area contributed by atoms with Gasteiger partial charge in [-0.1, -0.05) is 0 Å². The highest BCUT2D eigenvalue weighted by atomic mass is 16.5. The monoisotopic (exact) mass is 258 g/mol. The quantitative estimate of drug-likeness (QED) is 0.578. The number of rotatable bonds is 3. The van der Waals surface area contributed by atoms with Crippen molar-refractivity contribution in [3.8, 4) is 0 Å². The third-order valence-corrected chi connectivity index (χ3v) is 3.98. The fraction of sp³-hybridized carbons (Fsp3) is 0.917. The molecule has 0 bridgehead atoms. The number of β-amino-alcohol motifs (C(OH)–C–C–N with tert-alkyl or cyclic N) is 2. The maximum absolute atomic E-state index is 12.6. The second-order valence-corrected chi connectivity index (χ2v) is 5.31. The van der Waals surface area contributed by atoms with E-state index in [0.29, 0.717) is 6.61 Å². The Kier molecular flexibility index (Phi) is 4.21. The van der Waals surface area contributed by atoms with Gasteiger partial charge < -0.3 is 25.2 Å². The molecule has 0 saturated carbocycles. The molecule has 0 aromatic heterocycles. The summed E-state index contributed by atoms with van der Waals surface area (Å²) in [6.07, 6.45) is -0.171. The summed E-state index contributed by atoms with van der Waals surface area (Å²) >= 11 is 0. The number of methoxy groups -OCH3 is 1. The molecule has 2 rings (SSSR count). The van der Waals surface area contributed by atoms with Gasteiger partial charge in [0, 0.05) is 20.2 Å². The number of carbonyl (C=O) groups is 1. The van der Waals surface area contributed by atoms with Gasteiger partial charge in [-0.25, -0.2) is 0 Å². The van der Waals surface area contributed by atoms with Crippen molar-refractivity contribution >= 4 is 5.91 Å². The first-order valence-corrected chi connectivity index (χ1v) is 6.44. The van der Waals surface area contributed by atoms with E-state index in [0.717, 1.165) is 25.9 Å². The van der Waals surface area contributed by atoms with Crippen molar-refractivity contribution < 1.29 is 19.7 Å². The molecule has 2 unspecified atom stereocenters. The zero-order valence-electron chi connectivity index (χ0n) is 10.8. The predicted molar refractivity (Wildman–Crippen MR) is 65.0 cm³/mol. The highest BCUT2D eigenvalue weighted by Gasteiger charge is 2.45. The number of nitrogens with zero attached hydrogens (tertiary/aromatic N) is 1. The largest absolute Gasteiger partial charge is 0.388 e. The maximum Gasteiger partial charge on any atom is 0.231 e. The van der Waals surface area contributed by atoms with Crippen LogP contribution in [0.3, 0.4) is 0 Å². The van der Waals surface area contributed by atoms with Crippen LogP contribution in [0.2, 0.25) is 0 Å². The second kappa shape index (κ2) is 5.52. The molecule has 6 nitrogen and oxygen atoms in total. The van der Waals surface area contributed by atoms with Crippen molar-refractivity contribution in [2.75, 3.05) is 39.9 Å². The molecule has 18 heavy (non-hydrogen) atoms. The third-order valence-electron chi connectivity index (χ3n) is 3.98. The summed E-state index contributed by atoms with van der Waals surface area (Å²) in [6.45, 7) is 2.44. The van der Waals surface area contributed by atoms with E-state index in [-0.39, 0.29) is 19.0 Å². The molecule has 0 radical (unpaired) electrons. The summed E-state index contributed by atoms with van der Waals surface area (Å²) in [5, 5.41) is 22.3. The Morgan fingerprint density at radius 2 is 1.89 bits per heavy atom. The molecule has 0 aromatic carbocycles. The van der Waals surface area contributed by atoms with Crippen molar-refractivity contribution in [1.82, 2.24) is 10.2 Å². The molecule has 0 spiro atoms. The van der Waals surface area contributed by atoms with Crippen molar-refractivity contribution in [1.29, 1.82) is 0 Å². The number of carbonyl (C=O) groups excluding carboxylic acids is 1. The van der Waals surface area contributed by atoms with E-state index >= 15 is 0 Å². The van der Waals surface area contributed by atoms with Crippen molar-refractivity contribution in [2.24, 2.45) is 5.41 Å². The lowest BCUT2D eigenvalue weighted by Gasteiger charge is -2.38. The Hall–Kier alpha value is -0.690. The molecular formula is C12H22N2O4. The molecule has 2 fully saturated rings. The molecule has 2 heterocycles. The molecule has 3 N–H and O–H groups in total. The summed E-state index contributed by atoms with van der Waals surface area (Å²) < 4.78 is 5.22. The van der Waals surface area contributed by atoms with Crippen LogP contribution in [0.1, 0.15) is 12.8 Å². The number of aliphatic hydroxyl groups excluding tert-OH is 2. The summed E-state index contributed by atoms with van der Waals surface area (Å²) in [4.78, 5) is 14.2. The fourth-order valence-electron chi connectivity index (χ4n) is 2.87. The molecular weight excluding hydrogens is 236 g/mol. The van der Waals surface area contributed by atoms with E-state index in [1.165, 1.54) is 0 Å². The van der Waals surface area contributed by atoms with Gasteiger partial charge in [-0.3, -0.25) is 4.79 Å². The minimum Gasteiger partial charge on any atom is -0.388 e. The zero-order valence-corrected chi connectivity index (χ0v) is 10.8. The van der Waals surface area contributed by atoms with Crippen molar-refractivity contribution in [3.05, 3.63) is 0 Å². The summed E-state index contributed by atoms with van der Waals surface area (Å²) in [6, 6.07) is 0. The molecule has 2 saturated heterocycles. The first kappa shape index (κ1) is 13.7. The van der Waals surface area contributed by atoms with E-state index in [4.69, 9.17) is 4.74 Å². The molecule has 0 aromatic rings. The van der Waals surface area contributed by atoms with Gasteiger partial charge in [-0.05, 0) is 25.9 Å². The summed E-state index contributed by atoms with van der Waals surface area (Å²) in [7, 11) is 1.60. The second-order valence-electron chi connectivity index (χ2n) is 5.31. The number of ether oxygens (including phenoxy) is 1. The van der Waals surface area contributed by atoms with Crippen LogP contribution in [0.5, 0.6) is 0 Å².